The molecule has 1 amide bonds. The van der Waals surface area contributed by atoms with Crippen molar-refractivity contribution < 1.29 is 13.6 Å². The molecule has 1 aliphatic heterocycles. The summed E-state index contributed by atoms with van der Waals surface area (Å²) >= 11 is 0. The number of benzene rings is 2. The van der Waals surface area contributed by atoms with Crippen LogP contribution in [0.25, 0.3) is 22.0 Å². The van der Waals surface area contributed by atoms with E-state index in [1.54, 1.807) is 18.2 Å². The number of H-pyrrole nitrogens is 1. The van der Waals surface area contributed by atoms with Crippen LogP contribution < -0.4 is 10.6 Å². The first-order chi connectivity index (χ1) is 12.6. The van der Waals surface area contributed by atoms with Crippen LogP contribution in [0.4, 0.5) is 14.6 Å². The Morgan fingerprint density at radius 2 is 2.04 bits per heavy atom. The normalized spacial score (nSPS) is 16.7. The molecule has 3 aromatic rings. The largest absolute Gasteiger partial charge is 0.316 e. The van der Waals surface area contributed by atoms with Gasteiger partial charge in [-0.25, -0.2) is 8.78 Å². The molecule has 5 nitrogen and oxygen atoms in total. The molecule has 0 radical (unpaired) electrons. The maximum absolute atomic E-state index is 14.1. The fourth-order valence-electron chi connectivity index (χ4n) is 3.29. The topological polar surface area (TPSA) is 69.8 Å². The first-order valence-corrected chi connectivity index (χ1v) is 8.57. The molecule has 142 valence electrons. The van der Waals surface area contributed by atoms with Gasteiger partial charge in [-0.2, -0.15) is 5.10 Å². The molecule has 0 unspecified atom stereocenters. The zero-order chi connectivity index (χ0) is 18.1. The van der Waals surface area contributed by atoms with E-state index in [9.17, 15) is 13.6 Å². The summed E-state index contributed by atoms with van der Waals surface area (Å²) in [5.74, 6) is -0.804. The van der Waals surface area contributed by atoms with E-state index < -0.39 is 11.6 Å². The second-order valence-electron chi connectivity index (χ2n) is 6.49. The van der Waals surface area contributed by atoms with Gasteiger partial charge in [-0.05, 0) is 55.3 Å². The number of piperidine rings is 1. The number of fused-ring (bicyclic) bond motifs is 1. The van der Waals surface area contributed by atoms with Gasteiger partial charge < -0.3 is 10.6 Å². The molecule has 0 saturated carbocycles. The molecule has 2 heterocycles. The van der Waals surface area contributed by atoms with Crippen LogP contribution in [0.2, 0.25) is 0 Å². The Hall–Kier alpha value is -2.51. The van der Waals surface area contributed by atoms with E-state index in [-0.39, 0.29) is 29.8 Å². The second kappa shape index (κ2) is 8.02. The number of halogens is 3. The van der Waals surface area contributed by atoms with Gasteiger partial charge in [0, 0.05) is 17.5 Å². The molecule has 1 atom stereocenters. The molecule has 2 aromatic carbocycles. The van der Waals surface area contributed by atoms with Crippen molar-refractivity contribution in [2.24, 2.45) is 5.92 Å². The molecule has 1 fully saturated rings. The van der Waals surface area contributed by atoms with Crippen LogP contribution in [0.5, 0.6) is 0 Å². The molecule has 8 heteroatoms. The minimum Gasteiger partial charge on any atom is -0.316 e. The Balaban J connectivity index is 0.00000210. The third-order valence-corrected chi connectivity index (χ3v) is 4.71. The van der Waals surface area contributed by atoms with Crippen LogP contribution in [0.3, 0.4) is 0 Å². The van der Waals surface area contributed by atoms with Crippen LogP contribution in [-0.2, 0) is 4.79 Å². The summed E-state index contributed by atoms with van der Waals surface area (Å²) in [4.78, 5) is 12.4. The van der Waals surface area contributed by atoms with E-state index in [1.165, 1.54) is 0 Å². The Kier molecular flexibility index (Phi) is 5.72. The lowest BCUT2D eigenvalue weighted by atomic mass is 9.99. The van der Waals surface area contributed by atoms with Crippen LogP contribution in [0.15, 0.2) is 36.4 Å². The van der Waals surface area contributed by atoms with E-state index >= 15 is 0 Å². The maximum atomic E-state index is 14.1. The van der Waals surface area contributed by atoms with E-state index in [1.807, 2.05) is 0 Å². The SMILES string of the molecule is Cl.O=C(Nc1n[nH]c2ccc(-c3cc(F)ccc3F)cc12)[C@@H]1CCCNC1. The van der Waals surface area contributed by atoms with Gasteiger partial charge in [-0.3, -0.25) is 9.89 Å². The average Bonchev–Trinajstić information content (AvgIpc) is 3.06. The van der Waals surface area contributed by atoms with Crippen LogP contribution in [-0.4, -0.2) is 29.2 Å². The highest BCUT2D eigenvalue weighted by Gasteiger charge is 2.22. The van der Waals surface area contributed by atoms with Crippen molar-refractivity contribution in [1.82, 2.24) is 15.5 Å². The first kappa shape index (κ1) is 19.3. The lowest BCUT2D eigenvalue weighted by Gasteiger charge is -2.21. The smallest absolute Gasteiger partial charge is 0.229 e. The minimum atomic E-state index is -0.507. The van der Waals surface area contributed by atoms with E-state index in [4.69, 9.17) is 0 Å². The second-order valence-corrected chi connectivity index (χ2v) is 6.49. The number of aromatic nitrogens is 2. The summed E-state index contributed by atoms with van der Waals surface area (Å²) in [7, 11) is 0. The third-order valence-electron chi connectivity index (χ3n) is 4.71. The quantitative estimate of drug-likeness (QED) is 0.633. The van der Waals surface area contributed by atoms with Crippen LogP contribution >= 0.6 is 12.4 Å². The van der Waals surface area contributed by atoms with E-state index in [2.05, 4.69) is 20.8 Å². The lowest BCUT2D eigenvalue weighted by molar-refractivity contribution is -0.120. The Morgan fingerprint density at radius 1 is 1.19 bits per heavy atom. The van der Waals surface area contributed by atoms with Gasteiger partial charge >= 0.3 is 0 Å². The molecular formula is C19H19ClF2N4O. The van der Waals surface area contributed by atoms with Crippen molar-refractivity contribution in [3.8, 4) is 11.1 Å². The lowest BCUT2D eigenvalue weighted by Crippen LogP contribution is -2.37. The Bertz CT molecular complexity index is 969. The highest BCUT2D eigenvalue weighted by molar-refractivity contribution is 6.01. The van der Waals surface area contributed by atoms with Gasteiger partial charge in [0.05, 0.1) is 11.4 Å². The molecule has 1 aliphatic rings. The number of rotatable bonds is 3. The van der Waals surface area contributed by atoms with Crippen LogP contribution in [0, 0.1) is 17.6 Å². The molecule has 1 aromatic heterocycles. The predicted octanol–water partition coefficient (Wildman–Crippen LogP) is 3.87. The van der Waals surface area contributed by atoms with Gasteiger partial charge in [0.2, 0.25) is 5.91 Å². The van der Waals surface area contributed by atoms with Crippen molar-refractivity contribution >= 4 is 35.0 Å². The molecule has 0 spiro atoms. The number of aromatic amines is 1. The summed E-state index contributed by atoms with van der Waals surface area (Å²) in [6, 6.07) is 8.46. The van der Waals surface area contributed by atoms with Gasteiger partial charge in [-0.15, -0.1) is 12.4 Å². The summed E-state index contributed by atoms with van der Waals surface area (Å²) in [6.45, 7) is 1.58. The standard InChI is InChI=1S/C19H18F2N4O.ClH/c20-13-4-5-16(21)14(9-13)11-3-6-17-15(8-11)18(25-24-17)23-19(26)12-2-1-7-22-10-12;/h3-6,8-9,12,22H,1-2,7,10H2,(H2,23,24,25,26);1H/t12-;/m1./s1. The van der Waals surface area contributed by atoms with E-state index in [0.29, 0.717) is 28.8 Å². The maximum Gasteiger partial charge on any atom is 0.229 e. The number of anilines is 1. The number of carbonyl (C=O) groups excluding carboxylic acids is 1. The van der Waals surface area contributed by atoms with Crippen molar-refractivity contribution in [3.05, 3.63) is 48.0 Å². The molecule has 1 saturated heterocycles. The Morgan fingerprint density at radius 3 is 2.81 bits per heavy atom. The fraction of sp³-hybridized carbons (Fsp3) is 0.263. The summed E-state index contributed by atoms with van der Waals surface area (Å²) < 4.78 is 27.6. The van der Waals surface area contributed by atoms with Crippen molar-refractivity contribution in [2.75, 3.05) is 18.4 Å². The number of hydrogen-bond acceptors (Lipinski definition) is 3. The van der Waals surface area contributed by atoms with Gasteiger partial charge in [-0.1, -0.05) is 6.07 Å². The van der Waals surface area contributed by atoms with Crippen molar-refractivity contribution in [3.63, 3.8) is 0 Å². The monoisotopic (exact) mass is 392 g/mol. The zero-order valence-corrected chi connectivity index (χ0v) is 15.2. The summed E-state index contributed by atoms with van der Waals surface area (Å²) in [5, 5.41) is 13.7. The Labute approximate surface area is 160 Å². The molecule has 4 rings (SSSR count). The molecule has 0 aliphatic carbocycles. The molecule has 3 N–H and O–H groups in total. The van der Waals surface area contributed by atoms with Gasteiger partial charge in [0.1, 0.15) is 11.6 Å². The summed E-state index contributed by atoms with van der Waals surface area (Å²) in [6.07, 6.45) is 1.79. The van der Waals surface area contributed by atoms with Crippen LogP contribution in [0.1, 0.15) is 12.8 Å². The highest BCUT2D eigenvalue weighted by Crippen LogP contribution is 2.30. The molecule has 27 heavy (non-hydrogen) atoms. The number of nitrogens with one attached hydrogen (secondary N) is 3. The predicted molar refractivity (Wildman–Crippen MR) is 103 cm³/mol. The summed E-state index contributed by atoms with van der Waals surface area (Å²) in [5.41, 5.74) is 1.40. The highest BCUT2D eigenvalue weighted by atomic mass is 35.5. The number of carbonyl (C=O) groups is 1. The van der Waals surface area contributed by atoms with Crippen molar-refractivity contribution in [2.45, 2.75) is 12.8 Å². The van der Waals surface area contributed by atoms with Crippen molar-refractivity contribution in [1.29, 1.82) is 0 Å². The van der Waals surface area contributed by atoms with Gasteiger partial charge in [0.15, 0.2) is 5.82 Å². The number of amides is 1. The molecular weight excluding hydrogens is 374 g/mol. The third kappa shape index (κ3) is 3.94. The molecule has 0 bridgehead atoms. The number of nitrogens with zero attached hydrogens (tertiary/aromatic N) is 1. The van der Waals surface area contributed by atoms with E-state index in [0.717, 1.165) is 37.6 Å². The fourth-order valence-corrected chi connectivity index (χ4v) is 3.29. The zero-order valence-electron chi connectivity index (χ0n) is 14.4. The first-order valence-electron chi connectivity index (χ1n) is 8.57. The number of hydrogen-bond donors (Lipinski definition) is 3. The average molecular weight is 393 g/mol. The minimum absolute atomic E-state index is 0. The van der Waals surface area contributed by atoms with Gasteiger partial charge in [0.25, 0.3) is 0 Å².